The highest BCUT2D eigenvalue weighted by Gasteiger charge is 2.42. The van der Waals surface area contributed by atoms with Gasteiger partial charge in [-0.1, -0.05) is 64.1 Å². The molecule has 2 heterocycles. The minimum Gasteiger partial charge on any atom is -0.426 e. The standard InChI is InChI=1S/C27H18Cl4N2O5/c1-12-3-8-17(13(2)9-12)32-11-14(10-18(32)34)27(37)38-16-6-4-15(5-7-16)33-25(35)19-20(26(33)36)22(29)24(31)23(30)21(19)28/h3-9,14H,10-11H2,1-2H3/t14-/m0/s1. The summed E-state index contributed by atoms with van der Waals surface area (Å²) in [6, 6.07) is 11.5. The first-order valence-electron chi connectivity index (χ1n) is 11.4. The summed E-state index contributed by atoms with van der Waals surface area (Å²) in [5.74, 6) is -2.58. The lowest BCUT2D eigenvalue weighted by molar-refractivity contribution is -0.139. The maximum absolute atomic E-state index is 13.0. The molecule has 194 valence electrons. The van der Waals surface area contributed by atoms with Crippen LogP contribution in [0.4, 0.5) is 11.4 Å². The number of carbonyl (C=O) groups excluding carboxylic acids is 4. The number of aryl methyl sites for hydroxylation is 2. The Morgan fingerprint density at radius 3 is 1.97 bits per heavy atom. The van der Waals surface area contributed by atoms with Gasteiger partial charge < -0.3 is 9.64 Å². The van der Waals surface area contributed by atoms with Crippen molar-refractivity contribution in [1.82, 2.24) is 0 Å². The van der Waals surface area contributed by atoms with Crippen LogP contribution in [0.5, 0.6) is 5.75 Å². The van der Waals surface area contributed by atoms with E-state index in [0.717, 1.165) is 21.7 Å². The second kappa shape index (κ2) is 9.89. The monoisotopic (exact) mass is 590 g/mol. The van der Waals surface area contributed by atoms with E-state index in [-0.39, 0.29) is 61.5 Å². The van der Waals surface area contributed by atoms with Crippen LogP contribution in [0.3, 0.4) is 0 Å². The van der Waals surface area contributed by atoms with Gasteiger partial charge in [-0.05, 0) is 49.7 Å². The summed E-state index contributed by atoms with van der Waals surface area (Å²) in [6.45, 7) is 4.10. The first-order chi connectivity index (χ1) is 18.0. The minimum absolute atomic E-state index is 0.0336. The van der Waals surface area contributed by atoms with Crippen molar-refractivity contribution in [3.05, 3.63) is 84.8 Å². The second-order valence-electron chi connectivity index (χ2n) is 9.06. The molecule has 5 rings (SSSR count). The highest BCUT2D eigenvalue weighted by Crippen LogP contribution is 2.45. The van der Waals surface area contributed by atoms with Crippen molar-refractivity contribution < 1.29 is 23.9 Å². The number of anilines is 2. The Hall–Kier alpha value is -3.10. The van der Waals surface area contributed by atoms with Crippen LogP contribution < -0.4 is 14.5 Å². The molecule has 1 fully saturated rings. The Balaban J connectivity index is 1.31. The number of hydrogen-bond acceptors (Lipinski definition) is 5. The number of ether oxygens (including phenoxy) is 1. The van der Waals surface area contributed by atoms with Crippen molar-refractivity contribution in [3.8, 4) is 5.75 Å². The van der Waals surface area contributed by atoms with Crippen LogP contribution in [0.1, 0.15) is 38.3 Å². The lowest BCUT2D eigenvalue weighted by atomic mass is 10.1. The molecule has 3 aromatic rings. The van der Waals surface area contributed by atoms with Crippen molar-refractivity contribution in [2.75, 3.05) is 16.3 Å². The zero-order valence-corrected chi connectivity index (χ0v) is 23.0. The van der Waals surface area contributed by atoms with Gasteiger partial charge in [-0.2, -0.15) is 0 Å². The number of nitrogens with zero attached hydrogens (tertiary/aromatic N) is 2. The van der Waals surface area contributed by atoms with Gasteiger partial charge in [0, 0.05) is 18.7 Å². The quantitative estimate of drug-likeness (QED) is 0.111. The number of hydrogen-bond donors (Lipinski definition) is 0. The molecular weight excluding hydrogens is 574 g/mol. The molecule has 38 heavy (non-hydrogen) atoms. The molecule has 1 saturated heterocycles. The van der Waals surface area contributed by atoms with Crippen LogP contribution in [0.2, 0.25) is 20.1 Å². The van der Waals surface area contributed by atoms with Gasteiger partial charge in [0.05, 0.1) is 42.8 Å². The normalized spacial score (nSPS) is 16.9. The number of rotatable bonds is 4. The van der Waals surface area contributed by atoms with Gasteiger partial charge in [0.15, 0.2) is 0 Å². The minimum atomic E-state index is -0.712. The molecule has 0 aliphatic carbocycles. The molecule has 0 radical (unpaired) electrons. The van der Waals surface area contributed by atoms with E-state index in [1.807, 2.05) is 32.0 Å². The third-order valence-electron chi connectivity index (χ3n) is 6.52. The molecule has 3 amide bonds. The van der Waals surface area contributed by atoms with E-state index in [0.29, 0.717) is 0 Å². The van der Waals surface area contributed by atoms with Gasteiger partial charge in [-0.3, -0.25) is 19.2 Å². The molecule has 1 atom stereocenters. The van der Waals surface area contributed by atoms with Crippen molar-refractivity contribution in [3.63, 3.8) is 0 Å². The SMILES string of the molecule is Cc1ccc(N2C[C@@H](C(=O)Oc3ccc(N4C(=O)c5c(Cl)c(Cl)c(Cl)c(Cl)c5C4=O)cc3)CC2=O)c(C)c1. The molecule has 0 spiro atoms. The maximum atomic E-state index is 13.0. The summed E-state index contributed by atoms with van der Waals surface area (Å²) in [5.41, 5.74) is 2.73. The topological polar surface area (TPSA) is 84.0 Å². The average molecular weight is 592 g/mol. The smallest absolute Gasteiger partial charge is 0.316 e. The van der Waals surface area contributed by atoms with Gasteiger partial charge in [0.2, 0.25) is 5.91 Å². The first kappa shape index (κ1) is 26.5. The zero-order chi connectivity index (χ0) is 27.5. The zero-order valence-electron chi connectivity index (χ0n) is 20.0. The molecule has 0 unspecified atom stereocenters. The average Bonchev–Trinajstić information content (AvgIpc) is 3.38. The molecule has 0 bridgehead atoms. The second-order valence-corrected chi connectivity index (χ2v) is 10.6. The fourth-order valence-corrected chi connectivity index (χ4v) is 5.67. The lowest BCUT2D eigenvalue weighted by Crippen LogP contribution is -2.29. The third-order valence-corrected chi connectivity index (χ3v) is 8.32. The summed E-state index contributed by atoms with van der Waals surface area (Å²) in [4.78, 5) is 54.0. The van der Waals surface area contributed by atoms with Crippen LogP contribution in [0.25, 0.3) is 0 Å². The summed E-state index contributed by atoms with van der Waals surface area (Å²) in [5, 5.41) is -0.570. The van der Waals surface area contributed by atoms with Crippen LogP contribution in [-0.4, -0.2) is 30.2 Å². The Labute approximate surface area is 237 Å². The molecule has 2 aliphatic rings. The summed E-state index contributed by atoms with van der Waals surface area (Å²) >= 11 is 24.5. The molecule has 0 aromatic heterocycles. The Kier molecular flexibility index (Phi) is 6.90. The summed E-state index contributed by atoms with van der Waals surface area (Å²) in [6.07, 6.45) is 0.0336. The van der Waals surface area contributed by atoms with E-state index in [9.17, 15) is 19.2 Å². The summed E-state index contributed by atoms with van der Waals surface area (Å²) < 4.78 is 5.50. The number of amides is 3. The molecule has 0 N–H and O–H groups in total. The maximum Gasteiger partial charge on any atom is 0.316 e. The van der Waals surface area contributed by atoms with Gasteiger partial charge in [-0.25, -0.2) is 4.90 Å². The number of carbonyl (C=O) groups is 4. The number of fused-ring (bicyclic) bond motifs is 1. The molecule has 2 aliphatic heterocycles. The van der Waals surface area contributed by atoms with Crippen molar-refractivity contribution >= 4 is 81.5 Å². The van der Waals surface area contributed by atoms with E-state index >= 15 is 0 Å². The van der Waals surface area contributed by atoms with E-state index in [1.54, 1.807) is 4.90 Å². The van der Waals surface area contributed by atoms with Crippen molar-refractivity contribution in [2.24, 2.45) is 5.92 Å². The molecular formula is C27H18Cl4N2O5. The fraction of sp³-hybridized carbons (Fsp3) is 0.185. The number of esters is 1. The molecule has 11 heteroatoms. The fourth-order valence-electron chi connectivity index (χ4n) is 4.65. The van der Waals surface area contributed by atoms with E-state index in [4.69, 9.17) is 51.1 Å². The summed E-state index contributed by atoms with van der Waals surface area (Å²) in [7, 11) is 0. The lowest BCUT2D eigenvalue weighted by Gasteiger charge is -2.19. The van der Waals surface area contributed by atoms with Crippen LogP contribution in [-0.2, 0) is 9.59 Å². The highest BCUT2D eigenvalue weighted by atomic mass is 35.5. The molecule has 0 saturated carbocycles. The van der Waals surface area contributed by atoms with Gasteiger partial charge in [0.25, 0.3) is 11.8 Å². The van der Waals surface area contributed by atoms with Crippen molar-refractivity contribution in [1.29, 1.82) is 0 Å². The molecule has 3 aromatic carbocycles. The Morgan fingerprint density at radius 1 is 0.842 bits per heavy atom. The van der Waals surface area contributed by atoms with Crippen molar-refractivity contribution in [2.45, 2.75) is 20.3 Å². The highest BCUT2D eigenvalue weighted by molar-refractivity contribution is 6.56. The number of benzene rings is 3. The first-order valence-corrected chi connectivity index (χ1v) is 12.9. The van der Waals surface area contributed by atoms with E-state index in [1.165, 1.54) is 24.3 Å². The van der Waals surface area contributed by atoms with Gasteiger partial charge in [-0.15, -0.1) is 0 Å². The number of halogens is 4. The third kappa shape index (κ3) is 4.33. The van der Waals surface area contributed by atoms with E-state index in [2.05, 4.69) is 0 Å². The largest absolute Gasteiger partial charge is 0.426 e. The predicted molar refractivity (Wildman–Crippen MR) is 146 cm³/mol. The predicted octanol–water partition coefficient (Wildman–Crippen LogP) is 6.68. The Bertz CT molecular complexity index is 1510. The molecule has 7 nitrogen and oxygen atoms in total. The van der Waals surface area contributed by atoms with Crippen LogP contribution in [0, 0.1) is 19.8 Å². The van der Waals surface area contributed by atoms with Gasteiger partial charge in [0.1, 0.15) is 5.75 Å². The van der Waals surface area contributed by atoms with Crippen LogP contribution >= 0.6 is 46.4 Å². The van der Waals surface area contributed by atoms with E-state index < -0.39 is 23.7 Å². The van der Waals surface area contributed by atoms with Gasteiger partial charge >= 0.3 is 5.97 Å². The van der Waals surface area contributed by atoms with Crippen LogP contribution in [0.15, 0.2) is 42.5 Å². The number of imide groups is 1. The Morgan fingerprint density at radius 2 is 1.42 bits per heavy atom.